The number of likely N-dealkylation sites (tertiary alicyclic amines) is 1. The molecule has 3 aliphatic heterocycles. The molecule has 6 rings (SSSR count). The number of ether oxygens (including phenoxy) is 1. The summed E-state index contributed by atoms with van der Waals surface area (Å²) in [7, 11) is 2.15. The van der Waals surface area contributed by atoms with Crippen molar-refractivity contribution in [3.05, 3.63) is 36.3 Å². The van der Waals surface area contributed by atoms with E-state index in [0.29, 0.717) is 61.9 Å². The van der Waals surface area contributed by atoms with E-state index in [-0.39, 0.29) is 12.1 Å². The Kier molecular flexibility index (Phi) is 8.30. The minimum Gasteiger partial charge on any atom is -0.393 e. The largest absolute Gasteiger partial charge is 0.430 e. The number of aliphatic hydroxyl groups is 2. The van der Waals surface area contributed by atoms with Gasteiger partial charge in [-0.25, -0.2) is 19.3 Å². The van der Waals surface area contributed by atoms with Crippen LogP contribution >= 0.6 is 11.9 Å². The number of aliphatic hydroxyl groups excluding tert-OH is 1. The fourth-order valence-corrected chi connectivity index (χ4v) is 7.12. The van der Waals surface area contributed by atoms with E-state index in [2.05, 4.69) is 26.9 Å². The number of piperazine rings is 1. The Balaban J connectivity index is 0.000000240. The normalized spacial score (nSPS) is 28.5. The predicted octanol–water partition coefficient (Wildman–Crippen LogP) is 2.44. The smallest absolute Gasteiger partial charge is 0.393 e. The van der Waals surface area contributed by atoms with E-state index in [1.54, 1.807) is 17.2 Å². The molecular formula is C25H31F6N7O3S. The van der Waals surface area contributed by atoms with E-state index < -0.39 is 23.5 Å². The van der Waals surface area contributed by atoms with Crippen LogP contribution in [0.5, 0.6) is 0 Å². The van der Waals surface area contributed by atoms with Gasteiger partial charge in [-0.15, -0.1) is 0 Å². The average molecular weight is 624 g/mol. The molecule has 4 aliphatic rings. The third kappa shape index (κ3) is 5.50. The van der Waals surface area contributed by atoms with Crippen LogP contribution in [0.15, 0.2) is 35.6 Å². The van der Waals surface area contributed by atoms with Gasteiger partial charge < -0.3 is 25.6 Å². The fraction of sp³-hybridized carbons (Fsp3) is 0.640. The monoisotopic (exact) mass is 623 g/mol. The number of halogens is 6. The first kappa shape index (κ1) is 31.0. The van der Waals surface area contributed by atoms with Crippen molar-refractivity contribution in [1.82, 2.24) is 24.2 Å². The van der Waals surface area contributed by atoms with E-state index in [1.165, 1.54) is 11.9 Å². The molecule has 4 atom stereocenters. The van der Waals surface area contributed by atoms with Crippen LogP contribution in [0.4, 0.5) is 38.1 Å². The lowest BCUT2D eigenvalue weighted by atomic mass is 9.69. The van der Waals surface area contributed by atoms with Crippen LogP contribution in [-0.2, 0) is 10.3 Å². The summed E-state index contributed by atoms with van der Waals surface area (Å²) in [6.45, 7) is 3.63. The van der Waals surface area contributed by atoms with Gasteiger partial charge in [0, 0.05) is 72.7 Å². The second-order valence-electron chi connectivity index (χ2n) is 10.9. The maximum atomic E-state index is 12.9. The summed E-state index contributed by atoms with van der Waals surface area (Å²) in [5.74, 6) is 0.372. The Bertz CT molecular complexity index is 1220. The van der Waals surface area contributed by atoms with Crippen LogP contribution in [0.1, 0.15) is 18.4 Å². The minimum atomic E-state index is -5.98. The van der Waals surface area contributed by atoms with Crippen molar-refractivity contribution in [3.63, 3.8) is 0 Å². The highest BCUT2D eigenvalue weighted by Crippen LogP contribution is 2.56. The highest BCUT2D eigenvalue weighted by molar-refractivity contribution is 7.97. The molecule has 1 saturated carbocycles. The zero-order chi connectivity index (χ0) is 30.5. The molecule has 0 bridgehead atoms. The summed E-state index contributed by atoms with van der Waals surface area (Å²) >= 11 is 1.45. The molecule has 0 amide bonds. The lowest BCUT2D eigenvalue weighted by molar-refractivity contribution is -0.376. The molecule has 1 aliphatic carbocycles. The molecule has 42 heavy (non-hydrogen) atoms. The Morgan fingerprint density at radius 3 is 2.19 bits per heavy atom. The molecular weight excluding hydrogens is 592 g/mol. The molecule has 17 heteroatoms. The molecule has 5 heterocycles. The maximum Gasteiger partial charge on any atom is 0.430 e. The summed E-state index contributed by atoms with van der Waals surface area (Å²) in [5, 5.41) is 19.0. The first-order chi connectivity index (χ1) is 19.7. The first-order valence-electron chi connectivity index (χ1n) is 13.2. The first-order valence-corrected chi connectivity index (χ1v) is 14.0. The topological polar surface area (TPSA) is 124 Å². The van der Waals surface area contributed by atoms with Crippen LogP contribution in [0.25, 0.3) is 0 Å². The van der Waals surface area contributed by atoms with E-state index >= 15 is 0 Å². The lowest BCUT2D eigenvalue weighted by Crippen LogP contribution is -2.67. The number of hydrogen-bond donors (Lipinski definition) is 3. The van der Waals surface area contributed by atoms with Crippen LogP contribution < -0.4 is 10.6 Å². The van der Waals surface area contributed by atoms with Crippen molar-refractivity contribution in [1.29, 1.82) is 0 Å². The Morgan fingerprint density at radius 1 is 0.976 bits per heavy atom. The van der Waals surface area contributed by atoms with Crippen LogP contribution in [0.3, 0.4) is 0 Å². The number of alkyl halides is 6. The second kappa shape index (κ2) is 11.2. The Labute approximate surface area is 242 Å². The molecule has 2 aromatic rings. The van der Waals surface area contributed by atoms with Crippen molar-refractivity contribution >= 4 is 23.7 Å². The third-order valence-electron chi connectivity index (χ3n) is 8.46. The quantitative estimate of drug-likeness (QED) is 0.344. The third-order valence-corrected chi connectivity index (χ3v) is 9.54. The molecule has 2 aromatic heterocycles. The van der Waals surface area contributed by atoms with E-state index in [4.69, 9.17) is 10.5 Å². The van der Waals surface area contributed by atoms with Crippen LogP contribution in [0.2, 0.25) is 0 Å². The highest BCUT2D eigenvalue weighted by atomic mass is 32.2. The van der Waals surface area contributed by atoms with Gasteiger partial charge in [0.2, 0.25) is 5.95 Å². The molecule has 232 valence electrons. The number of nitrogen functional groups attached to an aromatic ring is 1. The molecule has 10 nitrogen and oxygen atoms in total. The number of likely N-dealkylation sites (N-methyl/N-ethyl adjacent to an activating group) is 1. The standard InChI is InChI=1S/C16H16F6N6OS.C9H15NO2/c17-15(18,19)14(29,16(20,21)22)10-7-25-13(26-8-10)27-3-5-28(6-4-27)30-11-1-2-12(23)24-9-11;1-10-7-2-6(11)3-9(7)5-12-4-8(9)10/h1-2,7-9,29H,3-6H2,(H2,23,24);6-8,11H,2-5H2,1H3. The molecule has 0 radical (unpaired) electrons. The number of aromatic nitrogens is 3. The van der Waals surface area contributed by atoms with E-state index in [9.17, 15) is 36.6 Å². The van der Waals surface area contributed by atoms with Crippen molar-refractivity contribution in [2.45, 2.75) is 53.9 Å². The van der Waals surface area contributed by atoms with Crippen molar-refractivity contribution in [2.75, 3.05) is 57.1 Å². The van der Waals surface area contributed by atoms with Gasteiger partial charge in [0.15, 0.2) is 0 Å². The molecule has 4 unspecified atom stereocenters. The molecule has 3 saturated heterocycles. The summed E-state index contributed by atoms with van der Waals surface area (Å²) in [6.07, 6.45) is -7.79. The maximum absolute atomic E-state index is 12.9. The number of hydrogen-bond acceptors (Lipinski definition) is 11. The van der Waals surface area contributed by atoms with Crippen LogP contribution in [-0.4, -0.2) is 111 Å². The molecule has 1 spiro atoms. The molecule has 4 N–H and O–H groups in total. The number of nitrogens with two attached hydrogens (primary N) is 1. The van der Waals surface area contributed by atoms with Gasteiger partial charge in [-0.05, 0) is 44.0 Å². The van der Waals surface area contributed by atoms with Crippen molar-refractivity contribution < 1.29 is 41.3 Å². The van der Waals surface area contributed by atoms with E-state index in [1.807, 2.05) is 10.4 Å². The number of pyridine rings is 1. The molecule has 0 aromatic carbocycles. The SMILES string of the molecule is CN1C2COCC23CC(O)CC13.Nc1ccc(SN2CCN(c3ncc(C(O)(C(F)(F)F)C(F)(F)F)cn3)CC2)cn1. The minimum absolute atomic E-state index is 0.0238. The highest BCUT2D eigenvalue weighted by Gasteiger charge is 2.72. The molecule has 4 fully saturated rings. The summed E-state index contributed by atoms with van der Waals surface area (Å²) in [5.41, 5.74) is -0.656. The van der Waals surface area contributed by atoms with Crippen LogP contribution in [0, 0.1) is 5.41 Å². The average Bonchev–Trinajstić information content (AvgIpc) is 3.46. The number of anilines is 2. The van der Waals surface area contributed by atoms with Gasteiger partial charge in [0.05, 0.1) is 19.3 Å². The van der Waals surface area contributed by atoms with Gasteiger partial charge >= 0.3 is 12.4 Å². The Hall–Kier alpha value is -2.44. The van der Waals surface area contributed by atoms with Gasteiger partial charge in [0.1, 0.15) is 5.82 Å². The Morgan fingerprint density at radius 2 is 1.62 bits per heavy atom. The fourth-order valence-electron chi connectivity index (χ4n) is 6.25. The second-order valence-corrected chi connectivity index (χ2v) is 12.1. The van der Waals surface area contributed by atoms with Gasteiger partial charge in [-0.2, -0.15) is 26.3 Å². The van der Waals surface area contributed by atoms with Gasteiger partial charge in [0.25, 0.3) is 5.60 Å². The summed E-state index contributed by atoms with van der Waals surface area (Å²) < 4.78 is 85.1. The van der Waals surface area contributed by atoms with Crippen molar-refractivity contribution in [3.8, 4) is 0 Å². The number of rotatable bonds is 4. The number of nitrogens with zero attached hydrogens (tertiary/aromatic N) is 6. The lowest BCUT2D eigenvalue weighted by Gasteiger charge is -2.55. The van der Waals surface area contributed by atoms with Crippen molar-refractivity contribution in [2.24, 2.45) is 5.41 Å². The van der Waals surface area contributed by atoms with E-state index in [0.717, 1.165) is 31.0 Å². The van der Waals surface area contributed by atoms with Gasteiger partial charge in [-0.3, -0.25) is 4.90 Å². The zero-order valence-electron chi connectivity index (χ0n) is 22.5. The predicted molar refractivity (Wildman–Crippen MR) is 140 cm³/mol. The zero-order valence-corrected chi connectivity index (χ0v) is 23.3. The summed E-state index contributed by atoms with van der Waals surface area (Å²) in [6, 6.07) is 4.67. The summed E-state index contributed by atoms with van der Waals surface area (Å²) in [4.78, 5) is 16.1. The van der Waals surface area contributed by atoms with Gasteiger partial charge in [-0.1, -0.05) is 0 Å².